The van der Waals surface area contributed by atoms with E-state index in [4.69, 9.17) is 0 Å². The van der Waals surface area contributed by atoms with Crippen molar-refractivity contribution in [3.63, 3.8) is 0 Å². The average molecular weight is 551 g/mol. The molecule has 0 unspecified atom stereocenters. The molecule has 4 aromatic rings. The van der Waals surface area contributed by atoms with E-state index in [0.29, 0.717) is 34.5 Å². The Labute approximate surface area is 248 Å². The summed E-state index contributed by atoms with van der Waals surface area (Å²) in [5, 5.41) is 26.9. The summed E-state index contributed by atoms with van der Waals surface area (Å²) in [5.74, 6) is 2.47. The van der Waals surface area contributed by atoms with Crippen LogP contribution >= 0.6 is 0 Å². The van der Waals surface area contributed by atoms with Gasteiger partial charge in [-0.25, -0.2) is 0 Å². The third-order valence-corrected chi connectivity index (χ3v) is 13.8. The topological polar surface area (TPSA) is 40.5 Å². The molecule has 0 aliphatic heterocycles. The Morgan fingerprint density at radius 1 is 0.524 bits per heavy atom. The van der Waals surface area contributed by atoms with Crippen LogP contribution < -0.4 is 0 Å². The van der Waals surface area contributed by atoms with Gasteiger partial charge >= 0.3 is 0 Å². The van der Waals surface area contributed by atoms with Crippen molar-refractivity contribution in [2.75, 3.05) is 0 Å². The lowest BCUT2D eigenvalue weighted by Gasteiger charge is -2.57. The Morgan fingerprint density at radius 3 is 1.33 bits per heavy atom. The van der Waals surface area contributed by atoms with Crippen molar-refractivity contribution < 1.29 is 10.2 Å². The molecule has 0 radical (unpaired) electrons. The highest BCUT2D eigenvalue weighted by Gasteiger charge is 2.64. The van der Waals surface area contributed by atoms with Crippen molar-refractivity contribution in [1.29, 1.82) is 0 Å². The van der Waals surface area contributed by atoms with Crippen LogP contribution in [0.3, 0.4) is 0 Å². The molecule has 8 aliphatic rings. The van der Waals surface area contributed by atoms with Crippen molar-refractivity contribution >= 4 is 0 Å². The Hall–Kier alpha value is -3.20. The molecule has 2 heteroatoms. The number of hydrogen-bond acceptors (Lipinski definition) is 2. The summed E-state index contributed by atoms with van der Waals surface area (Å²) in [4.78, 5) is 0. The minimum atomic E-state index is -1.60. The molecule has 0 spiro atoms. The van der Waals surface area contributed by atoms with Crippen LogP contribution in [-0.2, 0) is 24.0 Å². The standard InChI is InChI=1S/C40H38O2/c1-37(2)21-17-27-23(33(37)19-21)13-15-31-35(27)25-9-5-7-11-29(25)39(31,41)40(42)30-12-8-6-10-26(30)36-28-18-22-20-34(38(22,3)4)24(28)14-16-32(36)40/h5-16,21-22,33-34,41-42H,17-20H2,1-4H3/t21-,22-,33+,34+,39-,40-/m1/s1. The summed E-state index contributed by atoms with van der Waals surface area (Å²) in [6.45, 7) is 9.70. The molecule has 2 saturated carbocycles. The second-order valence-electron chi connectivity index (χ2n) is 15.6. The first-order valence-corrected chi connectivity index (χ1v) is 16.1. The molecule has 12 rings (SSSR count). The van der Waals surface area contributed by atoms with E-state index in [2.05, 4.69) is 88.4 Å². The maximum atomic E-state index is 13.4. The smallest absolute Gasteiger partial charge is 0.153 e. The number of aliphatic hydroxyl groups is 2. The lowest BCUT2D eigenvalue weighted by Crippen LogP contribution is -2.50. The first-order chi connectivity index (χ1) is 20.1. The van der Waals surface area contributed by atoms with Crippen LogP contribution in [0.5, 0.6) is 0 Å². The highest BCUT2D eigenvalue weighted by atomic mass is 16.4. The first kappa shape index (κ1) is 24.3. The van der Waals surface area contributed by atoms with Gasteiger partial charge in [0.15, 0.2) is 11.2 Å². The second-order valence-corrected chi connectivity index (χ2v) is 15.6. The van der Waals surface area contributed by atoms with Crippen LogP contribution in [0.2, 0.25) is 0 Å². The molecule has 0 aromatic heterocycles. The summed E-state index contributed by atoms with van der Waals surface area (Å²) in [6, 6.07) is 25.6. The van der Waals surface area contributed by atoms with E-state index >= 15 is 0 Å². The fourth-order valence-corrected chi connectivity index (χ4v) is 11.0. The van der Waals surface area contributed by atoms with E-state index in [9.17, 15) is 10.2 Å². The molecular formula is C40H38O2. The first-order valence-electron chi connectivity index (χ1n) is 16.1. The monoisotopic (exact) mass is 550 g/mol. The van der Waals surface area contributed by atoms with Crippen LogP contribution in [-0.4, -0.2) is 10.2 Å². The van der Waals surface area contributed by atoms with E-state index in [0.717, 1.165) is 46.2 Å². The van der Waals surface area contributed by atoms with E-state index in [1.807, 2.05) is 12.1 Å². The van der Waals surface area contributed by atoms with Gasteiger partial charge in [0.1, 0.15) is 0 Å². The minimum Gasteiger partial charge on any atom is -0.377 e. The van der Waals surface area contributed by atoms with Gasteiger partial charge in [-0.1, -0.05) is 100 Å². The Bertz CT molecular complexity index is 1770. The van der Waals surface area contributed by atoms with Crippen LogP contribution in [0.4, 0.5) is 0 Å². The Balaban J connectivity index is 1.26. The zero-order valence-electron chi connectivity index (χ0n) is 25.0. The van der Waals surface area contributed by atoms with Crippen molar-refractivity contribution in [3.05, 3.63) is 117 Å². The molecule has 42 heavy (non-hydrogen) atoms. The predicted octanol–water partition coefficient (Wildman–Crippen LogP) is 8.19. The summed E-state index contributed by atoms with van der Waals surface area (Å²) in [6.07, 6.45) is 4.62. The van der Waals surface area contributed by atoms with Crippen molar-refractivity contribution in [1.82, 2.24) is 0 Å². The quantitative estimate of drug-likeness (QED) is 0.251. The molecular weight excluding hydrogens is 512 g/mol. The van der Waals surface area contributed by atoms with Gasteiger partial charge in [0, 0.05) is 0 Å². The van der Waals surface area contributed by atoms with Crippen LogP contribution in [0.25, 0.3) is 22.3 Å². The van der Waals surface area contributed by atoms with Gasteiger partial charge in [0.2, 0.25) is 0 Å². The Morgan fingerprint density at radius 2 is 0.929 bits per heavy atom. The largest absolute Gasteiger partial charge is 0.377 e. The fourth-order valence-electron chi connectivity index (χ4n) is 11.0. The Kier molecular flexibility index (Phi) is 4.11. The third kappa shape index (κ3) is 2.35. The molecule has 8 aliphatic carbocycles. The van der Waals surface area contributed by atoms with Crippen molar-refractivity contribution in [2.45, 2.75) is 76.4 Å². The van der Waals surface area contributed by atoms with Gasteiger partial charge in [0.05, 0.1) is 0 Å². The molecule has 4 aromatic carbocycles. The molecule has 0 amide bonds. The van der Waals surface area contributed by atoms with E-state index in [1.54, 1.807) is 0 Å². The maximum absolute atomic E-state index is 13.4. The van der Waals surface area contributed by atoms with Gasteiger partial charge in [-0.05, 0) is 127 Å². The summed E-state index contributed by atoms with van der Waals surface area (Å²) >= 11 is 0. The third-order valence-electron chi connectivity index (χ3n) is 13.8. The summed E-state index contributed by atoms with van der Waals surface area (Å²) in [7, 11) is 0. The normalized spacial score (nSPS) is 34.1. The zero-order chi connectivity index (χ0) is 28.6. The van der Waals surface area contributed by atoms with Gasteiger partial charge in [0.25, 0.3) is 0 Å². The molecule has 4 bridgehead atoms. The SMILES string of the molecule is CC1(C)[C@@H]2Cc3c(ccc4c3-c3ccccc3[C@]4(O)[C@@]3(O)c4ccccc4-c4c3ccc3c4C[C@@H]4C[C@@H]3C4(C)C)[C@@H]1C2. The summed E-state index contributed by atoms with van der Waals surface area (Å²) < 4.78 is 0. The lowest BCUT2D eigenvalue weighted by atomic mass is 9.47. The van der Waals surface area contributed by atoms with E-state index in [1.165, 1.54) is 46.2 Å². The van der Waals surface area contributed by atoms with Crippen molar-refractivity contribution in [2.24, 2.45) is 22.7 Å². The number of fused-ring (bicyclic) bond motifs is 6. The van der Waals surface area contributed by atoms with E-state index < -0.39 is 11.2 Å². The fraction of sp³-hybridized carbons (Fsp3) is 0.400. The van der Waals surface area contributed by atoms with Crippen LogP contribution in [0, 0.1) is 22.7 Å². The second kappa shape index (κ2) is 7.12. The highest BCUT2D eigenvalue weighted by molar-refractivity contribution is 5.90. The maximum Gasteiger partial charge on any atom is 0.153 e. The highest BCUT2D eigenvalue weighted by Crippen LogP contribution is 2.69. The van der Waals surface area contributed by atoms with Crippen LogP contribution in [0.15, 0.2) is 72.8 Å². The number of hydrogen-bond donors (Lipinski definition) is 2. The number of rotatable bonds is 1. The molecule has 2 nitrogen and oxygen atoms in total. The molecule has 0 saturated heterocycles. The van der Waals surface area contributed by atoms with Crippen molar-refractivity contribution in [3.8, 4) is 22.3 Å². The average Bonchev–Trinajstić information content (AvgIpc) is 3.44. The summed E-state index contributed by atoms with van der Waals surface area (Å²) in [5.41, 5.74) is 11.1. The molecule has 2 fully saturated rings. The minimum absolute atomic E-state index is 0.325. The molecule has 6 atom stereocenters. The molecule has 0 heterocycles. The lowest BCUT2D eigenvalue weighted by molar-refractivity contribution is -0.107. The van der Waals surface area contributed by atoms with Gasteiger partial charge in [-0.3, -0.25) is 0 Å². The number of benzene rings is 4. The predicted molar refractivity (Wildman–Crippen MR) is 166 cm³/mol. The van der Waals surface area contributed by atoms with Gasteiger partial charge in [-0.15, -0.1) is 0 Å². The molecule has 2 N–H and O–H groups in total. The van der Waals surface area contributed by atoms with Crippen LogP contribution in [0.1, 0.15) is 96.9 Å². The van der Waals surface area contributed by atoms with E-state index in [-0.39, 0.29) is 0 Å². The van der Waals surface area contributed by atoms with Gasteiger partial charge in [-0.2, -0.15) is 0 Å². The zero-order valence-corrected chi connectivity index (χ0v) is 25.0. The molecule has 210 valence electrons. The van der Waals surface area contributed by atoms with Gasteiger partial charge < -0.3 is 10.2 Å².